The van der Waals surface area contributed by atoms with Crippen LogP contribution in [-0.2, 0) is 19.1 Å². The molecule has 0 unspecified atom stereocenters. The minimum absolute atomic E-state index is 0.0129. The minimum atomic E-state index is -1.95. The summed E-state index contributed by atoms with van der Waals surface area (Å²) < 4.78 is 4.83. The molecule has 29 heavy (non-hydrogen) atoms. The van der Waals surface area contributed by atoms with Crippen molar-refractivity contribution in [2.45, 2.75) is 58.2 Å². The Bertz CT molecular complexity index is 882. The van der Waals surface area contributed by atoms with E-state index in [2.05, 4.69) is 13.0 Å². The molecular weight excluding hydrogens is 372 g/mol. The van der Waals surface area contributed by atoms with E-state index in [1.54, 1.807) is 12.2 Å². The first kappa shape index (κ1) is 20.2. The molecule has 6 atom stereocenters. The second-order valence-corrected chi connectivity index (χ2v) is 9.36. The number of carbonyl (C=O) groups is 3. The van der Waals surface area contributed by atoms with Gasteiger partial charge in [-0.15, -0.1) is 0 Å². The van der Waals surface area contributed by atoms with Gasteiger partial charge in [-0.1, -0.05) is 30.2 Å². The zero-order valence-electron chi connectivity index (χ0n) is 17.1. The monoisotopic (exact) mass is 400 g/mol. The van der Waals surface area contributed by atoms with Crippen LogP contribution in [-0.4, -0.2) is 46.1 Å². The maximum Gasteiger partial charge on any atom is 0.303 e. The molecule has 0 aromatic heterocycles. The van der Waals surface area contributed by atoms with E-state index in [1.807, 2.05) is 13.0 Å². The number of aliphatic hydroxyl groups excluding tert-OH is 1. The van der Waals surface area contributed by atoms with Gasteiger partial charge in [0.15, 0.2) is 18.0 Å². The fourth-order valence-corrected chi connectivity index (χ4v) is 6.33. The van der Waals surface area contributed by atoms with Gasteiger partial charge in [-0.2, -0.15) is 0 Å². The van der Waals surface area contributed by atoms with E-state index < -0.39 is 35.5 Å². The summed E-state index contributed by atoms with van der Waals surface area (Å²) in [5.74, 6) is -1.20. The topological polar surface area (TPSA) is 101 Å². The third-order valence-corrected chi connectivity index (χ3v) is 8.00. The number of fused-ring (bicyclic) bond motifs is 5. The van der Waals surface area contributed by atoms with Crippen molar-refractivity contribution in [1.29, 1.82) is 0 Å². The number of hydrogen-bond donors (Lipinski definition) is 2. The third kappa shape index (κ3) is 2.65. The molecule has 0 aromatic carbocycles. The van der Waals surface area contributed by atoms with Gasteiger partial charge in [0.1, 0.15) is 0 Å². The van der Waals surface area contributed by atoms with Gasteiger partial charge in [0.05, 0.1) is 6.10 Å². The van der Waals surface area contributed by atoms with Gasteiger partial charge in [0.25, 0.3) is 0 Å². The van der Waals surface area contributed by atoms with Crippen LogP contribution in [0.3, 0.4) is 0 Å². The largest absolute Gasteiger partial charge is 0.458 e. The van der Waals surface area contributed by atoms with Gasteiger partial charge in [0, 0.05) is 17.8 Å². The Balaban J connectivity index is 1.71. The molecule has 2 N–H and O–H groups in total. The molecule has 4 aliphatic rings. The Hall–Kier alpha value is -2.05. The van der Waals surface area contributed by atoms with Crippen molar-refractivity contribution in [1.82, 2.24) is 0 Å². The molecule has 0 saturated heterocycles. The zero-order chi connectivity index (χ0) is 21.2. The number of ketones is 2. The normalized spacial score (nSPS) is 42.9. The molecule has 2 fully saturated rings. The van der Waals surface area contributed by atoms with Crippen LogP contribution >= 0.6 is 0 Å². The van der Waals surface area contributed by atoms with Crippen molar-refractivity contribution >= 4 is 17.5 Å². The molecule has 0 spiro atoms. The standard InChI is InChI=1S/C23H28O6/c1-13(24)29-12-20(27)23(28)19(26)11-18-16-5-4-14-10-15(25)6-8-21(14,2)17(16)7-9-22(18,23)3/h6-8,10,16,18-19,26,28H,4-5,9,11-12H2,1-3H3/t16-,18-,19-,21-,22-,23+/m1/s1. The first-order valence-corrected chi connectivity index (χ1v) is 10.3. The average molecular weight is 400 g/mol. The molecule has 6 nitrogen and oxygen atoms in total. The van der Waals surface area contributed by atoms with Crippen LogP contribution in [0.15, 0.2) is 35.5 Å². The van der Waals surface area contributed by atoms with Crippen molar-refractivity contribution in [3.05, 3.63) is 35.5 Å². The van der Waals surface area contributed by atoms with Crippen LogP contribution in [0.5, 0.6) is 0 Å². The number of rotatable bonds is 3. The lowest BCUT2D eigenvalue weighted by Gasteiger charge is -2.53. The van der Waals surface area contributed by atoms with Crippen molar-refractivity contribution in [2.75, 3.05) is 6.61 Å². The second kappa shape index (κ2) is 6.47. The van der Waals surface area contributed by atoms with Crippen molar-refractivity contribution < 1.29 is 29.3 Å². The molecule has 0 amide bonds. The summed E-state index contributed by atoms with van der Waals surface area (Å²) in [5.41, 5.74) is -0.805. The predicted molar refractivity (Wildman–Crippen MR) is 105 cm³/mol. The molecule has 0 radical (unpaired) electrons. The first-order valence-electron chi connectivity index (χ1n) is 10.3. The second-order valence-electron chi connectivity index (χ2n) is 9.36. The lowest BCUT2D eigenvalue weighted by molar-refractivity contribution is -0.174. The average Bonchev–Trinajstić information content (AvgIpc) is 2.88. The van der Waals surface area contributed by atoms with E-state index in [0.29, 0.717) is 12.8 Å². The molecule has 0 aromatic rings. The number of aliphatic hydroxyl groups is 2. The van der Waals surface area contributed by atoms with Crippen molar-refractivity contribution in [3.63, 3.8) is 0 Å². The highest BCUT2D eigenvalue weighted by molar-refractivity contribution is 6.01. The SMILES string of the molecule is CC(=O)OCC(=O)[C@@]1(O)[C@H](O)C[C@@H]2[C@@H]3CCC4=CC(=O)C=C[C@@]4(C)C3=CC[C@]21C. The van der Waals surface area contributed by atoms with E-state index in [0.717, 1.165) is 18.4 Å². The number of ether oxygens (including phenoxy) is 1. The number of carbonyl (C=O) groups excluding carboxylic acids is 3. The summed E-state index contributed by atoms with van der Waals surface area (Å²) in [6.07, 6.45) is 8.54. The summed E-state index contributed by atoms with van der Waals surface area (Å²) in [6.45, 7) is 4.65. The summed E-state index contributed by atoms with van der Waals surface area (Å²) in [5, 5.41) is 22.2. The van der Waals surface area contributed by atoms with Crippen LogP contribution in [0.4, 0.5) is 0 Å². The quantitative estimate of drug-likeness (QED) is 0.555. The van der Waals surface area contributed by atoms with Crippen LogP contribution < -0.4 is 0 Å². The van der Waals surface area contributed by atoms with Gasteiger partial charge in [-0.05, 0) is 56.6 Å². The van der Waals surface area contributed by atoms with E-state index >= 15 is 0 Å². The molecule has 156 valence electrons. The van der Waals surface area contributed by atoms with Gasteiger partial charge in [-0.25, -0.2) is 0 Å². The fourth-order valence-electron chi connectivity index (χ4n) is 6.33. The Labute approximate surface area is 170 Å². The predicted octanol–water partition coefficient (Wildman–Crippen LogP) is 2.05. The van der Waals surface area contributed by atoms with Crippen LogP contribution in [0.25, 0.3) is 0 Å². The fraction of sp³-hybridized carbons (Fsp3) is 0.609. The molecule has 4 aliphatic carbocycles. The Morgan fingerprint density at radius 3 is 2.72 bits per heavy atom. The smallest absolute Gasteiger partial charge is 0.303 e. The molecular formula is C23H28O6. The Morgan fingerprint density at radius 1 is 1.31 bits per heavy atom. The highest BCUT2D eigenvalue weighted by atomic mass is 16.5. The molecule has 6 heteroatoms. The van der Waals surface area contributed by atoms with E-state index in [4.69, 9.17) is 4.74 Å². The lowest BCUT2D eigenvalue weighted by atomic mass is 9.51. The van der Waals surface area contributed by atoms with E-state index in [1.165, 1.54) is 12.5 Å². The lowest BCUT2D eigenvalue weighted by Crippen LogP contribution is -2.59. The number of allylic oxidation sites excluding steroid dienone is 6. The number of esters is 1. The van der Waals surface area contributed by atoms with Crippen LogP contribution in [0, 0.1) is 22.7 Å². The maximum absolute atomic E-state index is 12.9. The zero-order valence-corrected chi connectivity index (χ0v) is 17.1. The highest BCUT2D eigenvalue weighted by Gasteiger charge is 2.68. The Morgan fingerprint density at radius 2 is 2.03 bits per heavy atom. The van der Waals surface area contributed by atoms with Gasteiger partial charge >= 0.3 is 5.97 Å². The van der Waals surface area contributed by atoms with Gasteiger partial charge in [-0.3, -0.25) is 14.4 Å². The molecule has 0 heterocycles. The van der Waals surface area contributed by atoms with Crippen LogP contribution in [0.1, 0.15) is 46.5 Å². The molecule has 0 aliphatic heterocycles. The van der Waals surface area contributed by atoms with Crippen molar-refractivity contribution in [3.8, 4) is 0 Å². The summed E-state index contributed by atoms with van der Waals surface area (Å²) in [6, 6.07) is 0. The summed E-state index contributed by atoms with van der Waals surface area (Å²) >= 11 is 0. The summed E-state index contributed by atoms with van der Waals surface area (Å²) in [4.78, 5) is 35.8. The van der Waals surface area contributed by atoms with E-state index in [-0.39, 0.29) is 23.0 Å². The molecule has 0 bridgehead atoms. The van der Waals surface area contributed by atoms with Crippen molar-refractivity contribution in [2.24, 2.45) is 22.7 Å². The molecule has 2 saturated carbocycles. The third-order valence-electron chi connectivity index (χ3n) is 8.00. The summed E-state index contributed by atoms with van der Waals surface area (Å²) in [7, 11) is 0. The minimum Gasteiger partial charge on any atom is -0.458 e. The Kier molecular flexibility index (Phi) is 4.52. The van der Waals surface area contributed by atoms with Gasteiger partial charge < -0.3 is 14.9 Å². The number of hydrogen-bond acceptors (Lipinski definition) is 6. The number of Topliss-reactive ketones (excluding diaryl/α,β-unsaturated/α-hetero) is 1. The highest BCUT2D eigenvalue weighted by Crippen LogP contribution is 2.65. The maximum atomic E-state index is 12.9. The van der Waals surface area contributed by atoms with E-state index in [9.17, 15) is 24.6 Å². The molecule has 4 rings (SSSR count). The van der Waals surface area contributed by atoms with Gasteiger partial charge in [0.2, 0.25) is 5.78 Å². The first-order chi connectivity index (χ1) is 13.5. The van der Waals surface area contributed by atoms with Crippen LogP contribution in [0.2, 0.25) is 0 Å².